The molecular formula is C22H34N6O. The standard InChI is InChI=1S/C22H34N6O/c1-6-19-18(20(7-2)28(5)27-19)15-26-22(24-8-3)25-13-12-16-10-9-11-17(14-16)21(29)23-4/h9-11,14H,6-8,12-13,15H2,1-5H3,(H,23,29)(H2,24,25,26). The molecule has 1 amide bonds. The zero-order valence-electron chi connectivity index (χ0n) is 18.3. The highest BCUT2D eigenvalue weighted by atomic mass is 16.1. The number of rotatable bonds is 9. The molecule has 0 bridgehead atoms. The maximum absolute atomic E-state index is 11.8. The molecular weight excluding hydrogens is 364 g/mol. The third-order valence-electron chi connectivity index (χ3n) is 4.89. The molecule has 1 aromatic heterocycles. The van der Waals surface area contributed by atoms with Gasteiger partial charge in [0.15, 0.2) is 5.96 Å². The Kier molecular flexibility index (Phi) is 8.70. The average Bonchev–Trinajstić information content (AvgIpc) is 3.05. The first-order valence-electron chi connectivity index (χ1n) is 10.4. The van der Waals surface area contributed by atoms with Crippen LogP contribution in [0.25, 0.3) is 0 Å². The Morgan fingerprint density at radius 2 is 1.97 bits per heavy atom. The van der Waals surface area contributed by atoms with Crippen molar-refractivity contribution >= 4 is 11.9 Å². The highest BCUT2D eigenvalue weighted by Gasteiger charge is 2.13. The van der Waals surface area contributed by atoms with Crippen LogP contribution in [0.3, 0.4) is 0 Å². The summed E-state index contributed by atoms with van der Waals surface area (Å²) in [4.78, 5) is 16.6. The van der Waals surface area contributed by atoms with E-state index in [2.05, 4.69) is 41.8 Å². The van der Waals surface area contributed by atoms with E-state index in [9.17, 15) is 4.79 Å². The SMILES string of the molecule is CCNC(=NCc1c(CC)nn(C)c1CC)NCCc1cccc(C(=O)NC)c1. The fraction of sp³-hybridized carbons (Fsp3) is 0.500. The topological polar surface area (TPSA) is 83.3 Å². The van der Waals surface area contributed by atoms with Gasteiger partial charge in [-0.05, 0) is 43.9 Å². The number of guanidine groups is 1. The Morgan fingerprint density at radius 3 is 2.62 bits per heavy atom. The number of nitrogens with one attached hydrogen (secondary N) is 3. The smallest absolute Gasteiger partial charge is 0.251 e. The Hall–Kier alpha value is -2.83. The summed E-state index contributed by atoms with van der Waals surface area (Å²) in [6.07, 6.45) is 2.66. The van der Waals surface area contributed by atoms with E-state index in [-0.39, 0.29) is 5.91 Å². The first-order valence-corrected chi connectivity index (χ1v) is 10.4. The molecule has 0 aliphatic rings. The second kappa shape index (κ2) is 11.2. The lowest BCUT2D eigenvalue weighted by Crippen LogP contribution is -2.38. The molecule has 0 atom stereocenters. The molecule has 1 aromatic carbocycles. The Morgan fingerprint density at radius 1 is 1.17 bits per heavy atom. The van der Waals surface area contributed by atoms with Crippen molar-refractivity contribution in [2.75, 3.05) is 20.1 Å². The number of amides is 1. The summed E-state index contributed by atoms with van der Waals surface area (Å²) in [5.74, 6) is 0.729. The van der Waals surface area contributed by atoms with E-state index in [1.807, 2.05) is 36.0 Å². The fourth-order valence-corrected chi connectivity index (χ4v) is 3.41. The average molecular weight is 399 g/mol. The van der Waals surface area contributed by atoms with Crippen LogP contribution in [0.4, 0.5) is 0 Å². The molecule has 0 aliphatic carbocycles. The predicted octanol–water partition coefficient (Wildman–Crippen LogP) is 2.20. The van der Waals surface area contributed by atoms with E-state index in [1.165, 1.54) is 11.3 Å². The van der Waals surface area contributed by atoms with Gasteiger partial charge in [-0.3, -0.25) is 9.48 Å². The van der Waals surface area contributed by atoms with Gasteiger partial charge in [-0.2, -0.15) is 5.10 Å². The van der Waals surface area contributed by atoms with Crippen LogP contribution < -0.4 is 16.0 Å². The third kappa shape index (κ3) is 6.07. The van der Waals surface area contributed by atoms with Crippen LogP contribution in [0, 0.1) is 0 Å². The molecule has 0 spiro atoms. The van der Waals surface area contributed by atoms with Crippen LogP contribution in [0.5, 0.6) is 0 Å². The molecule has 0 radical (unpaired) electrons. The lowest BCUT2D eigenvalue weighted by Gasteiger charge is -2.12. The summed E-state index contributed by atoms with van der Waals surface area (Å²) in [5, 5.41) is 14.0. The number of hydrogen-bond donors (Lipinski definition) is 3. The summed E-state index contributed by atoms with van der Waals surface area (Å²) in [7, 11) is 3.65. The molecule has 158 valence electrons. The van der Waals surface area contributed by atoms with Gasteiger partial charge in [-0.25, -0.2) is 4.99 Å². The van der Waals surface area contributed by atoms with Crippen LogP contribution in [0.1, 0.15) is 53.6 Å². The molecule has 2 aromatic rings. The van der Waals surface area contributed by atoms with Crippen LogP contribution in [0.2, 0.25) is 0 Å². The van der Waals surface area contributed by atoms with E-state index in [4.69, 9.17) is 4.99 Å². The normalized spacial score (nSPS) is 11.4. The zero-order chi connectivity index (χ0) is 21.2. The van der Waals surface area contributed by atoms with Gasteiger partial charge in [0.2, 0.25) is 0 Å². The molecule has 7 heteroatoms. The molecule has 1 heterocycles. The maximum Gasteiger partial charge on any atom is 0.251 e. The van der Waals surface area contributed by atoms with Gasteiger partial charge in [0.05, 0.1) is 12.2 Å². The fourth-order valence-electron chi connectivity index (χ4n) is 3.41. The van der Waals surface area contributed by atoms with Crippen molar-refractivity contribution in [2.24, 2.45) is 12.0 Å². The van der Waals surface area contributed by atoms with E-state index >= 15 is 0 Å². The first kappa shape index (κ1) is 22.5. The number of carbonyl (C=O) groups excluding carboxylic acids is 1. The van der Waals surface area contributed by atoms with Gasteiger partial charge in [0.1, 0.15) is 0 Å². The van der Waals surface area contributed by atoms with Gasteiger partial charge in [0, 0.05) is 44.0 Å². The van der Waals surface area contributed by atoms with E-state index in [0.717, 1.165) is 49.6 Å². The monoisotopic (exact) mass is 398 g/mol. The van der Waals surface area contributed by atoms with Gasteiger partial charge in [-0.1, -0.05) is 26.0 Å². The van der Waals surface area contributed by atoms with Crippen LogP contribution in [0.15, 0.2) is 29.3 Å². The Balaban J connectivity index is 2.03. The first-order chi connectivity index (χ1) is 14.0. The number of aliphatic imine (C=N–C) groups is 1. The molecule has 3 N–H and O–H groups in total. The minimum Gasteiger partial charge on any atom is -0.357 e. The number of aryl methyl sites for hydroxylation is 2. The van der Waals surface area contributed by atoms with Crippen molar-refractivity contribution in [2.45, 2.75) is 46.6 Å². The summed E-state index contributed by atoms with van der Waals surface area (Å²) < 4.78 is 1.98. The van der Waals surface area contributed by atoms with Crippen molar-refractivity contribution in [1.29, 1.82) is 0 Å². The van der Waals surface area contributed by atoms with Crippen molar-refractivity contribution in [3.8, 4) is 0 Å². The van der Waals surface area contributed by atoms with E-state index in [0.29, 0.717) is 12.1 Å². The molecule has 29 heavy (non-hydrogen) atoms. The largest absolute Gasteiger partial charge is 0.357 e. The number of carbonyl (C=O) groups is 1. The van der Waals surface area contributed by atoms with Crippen LogP contribution in [-0.4, -0.2) is 41.8 Å². The quantitative estimate of drug-likeness (QED) is 0.447. The van der Waals surface area contributed by atoms with Gasteiger partial charge >= 0.3 is 0 Å². The minimum atomic E-state index is -0.0652. The zero-order valence-corrected chi connectivity index (χ0v) is 18.3. The number of aromatic nitrogens is 2. The Bertz CT molecular complexity index is 840. The number of hydrogen-bond acceptors (Lipinski definition) is 3. The predicted molar refractivity (Wildman–Crippen MR) is 118 cm³/mol. The third-order valence-corrected chi connectivity index (χ3v) is 4.89. The molecule has 0 fully saturated rings. The number of nitrogens with zero attached hydrogens (tertiary/aromatic N) is 3. The lowest BCUT2D eigenvalue weighted by atomic mass is 10.1. The van der Waals surface area contributed by atoms with Gasteiger partial charge in [-0.15, -0.1) is 0 Å². The molecule has 0 aliphatic heterocycles. The Labute approximate surface area is 174 Å². The molecule has 7 nitrogen and oxygen atoms in total. The van der Waals surface area contributed by atoms with Crippen molar-refractivity contribution in [3.05, 3.63) is 52.3 Å². The second-order valence-corrected chi connectivity index (χ2v) is 6.85. The minimum absolute atomic E-state index is 0.0652. The number of benzene rings is 1. The van der Waals surface area contributed by atoms with Gasteiger partial charge < -0.3 is 16.0 Å². The maximum atomic E-state index is 11.8. The highest BCUT2D eigenvalue weighted by Crippen LogP contribution is 2.16. The summed E-state index contributed by atoms with van der Waals surface area (Å²) in [6, 6.07) is 7.71. The van der Waals surface area contributed by atoms with Crippen LogP contribution in [-0.2, 0) is 32.9 Å². The van der Waals surface area contributed by atoms with Crippen molar-refractivity contribution in [1.82, 2.24) is 25.7 Å². The van der Waals surface area contributed by atoms with E-state index < -0.39 is 0 Å². The highest BCUT2D eigenvalue weighted by molar-refractivity contribution is 5.94. The lowest BCUT2D eigenvalue weighted by molar-refractivity contribution is 0.0963. The molecule has 2 rings (SSSR count). The summed E-state index contributed by atoms with van der Waals surface area (Å²) in [6.45, 7) is 8.49. The summed E-state index contributed by atoms with van der Waals surface area (Å²) in [5.41, 5.74) is 5.39. The summed E-state index contributed by atoms with van der Waals surface area (Å²) >= 11 is 0. The van der Waals surface area contributed by atoms with Crippen molar-refractivity contribution < 1.29 is 4.79 Å². The molecule has 0 unspecified atom stereocenters. The van der Waals surface area contributed by atoms with Crippen LogP contribution >= 0.6 is 0 Å². The van der Waals surface area contributed by atoms with Crippen molar-refractivity contribution in [3.63, 3.8) is 0 Å². The molecule has 0 saturated carbocycles. The van der Waals surface area contributed by atoms with Gasteiger partial charge in [0.25, 0.3) is 5.91 Å². The van der Waals surface area contributed by atoms with E-state index in [1.54, 1.807) is 7.05 Å². The molecule has 0 saturated heterocycles. The second-order valence-electron chi connectivity index (χ2n) is 6.85.